The van der Waals surface area contributed by atoms with Crippen molar-refractivity contribution in [3.8, 4) is 0 Å². The molecule has 2 aromatic rings. The van der Waals surface area contributed by atoms with Gasteiger partial charge >= 0.3 is 0 Å². The first-order chi connectivity index (χ1) is 8.49. The Morgan fingerprint density at radius 2 is 1.83 bits per heavy atom. The molecule has 2 rings (SSSR count). The summed E-state index contributed by atoms with van der Waals surface area (Å²) in [5.74, 6) is 0.738. The Morgan fingerprint density at radius 3 is 2.50 bits per heavy atom. The molecule has 0 amide bonds. The summed E-state index contributed by atoms with van der Waals surface area (Å²) in [7, 11) is 0. The third kappa shape index (κ3) is 2.65. The molecule has 0 atom stereocenters. The van der Waals surface area contributed by atoms with E-state index in [0.29, 0.717) is 5.15 Å². The highest BCUT2D eigenvalue weighted by atomic mass is 79.9. The fourth-order valence-electron chi connectivity index (χ4n) is 1.59. The Kier molecular flexibility index (Phi) is 3.88. The standard InChI is InChI=1S/C13H13BrClN3/c1-7-6-10(14)4-5-11(7)16-13-9(3)8(2)12(15)17-18-13/h4-6H,1-3H3,(H,16,18). The number of aryl methyl sites for hydroxylation is 1. The molecule has 0 bridgehead atoms. The minimum atomic E-state index is 0.450. The molecule has 0 saturated heterocycles. The summed E-state index contributed by atoms with van der Waals surface area (Å²) in [6, 6.07) is 6.04. The molecular weight excluding hydrogens is 314 g/mol. The maximum Gasteiger partial charge on any atom is 0.156 e. The van der Waals surface area contributed by atoms with Crippen molar-refractivity contribution in [3.63, 3.8) is 0 Å². The smallest absolute Gasteiger partial charge is 0.156 e. The van der Waals surface area contributed by atoms with Gasteiger partial charge in [-0.2, -0.15) is 0 Å². The largest absolute Gasteiger partial charge is 0.338 e. The molecule has 1 N–H and O–H groups in total. The van der Waals surface area contributed by atoms with Gasteiger partial charge < -0.3 is 5.32 Å². The molecule has 0 aliphatic heterocycles. The SMILES string of the molecule is Cc1cc(Br)ccc1Nc1nnc(Cl)c(C)c1C. The second kappa shape index (κ2) is 5.24. The molecule has 94 valence electrons. The Bertz CT molecular complexity index is 599. The first-order valence-corrected chi connectivity index (χ1v) is 6.68. The van der Waals surface area contributed by atoms with Crippen molar-refractivity contribution in [2.24, 2.45) is 0 Å². The van der Waals surface area contributed by atoms with E-state index in [2.05, 4.69) is 31.4 Å². The second-order valence-electron chi connectivity index (χ2n) is 4.17. The molecule has 0 radical (unpaired) electrons. The molecular formula is C13H13BrClN3. The first-order valence-electron chi connectivity index (χ1n) is 5.51. The summed E-state index contributed by atoms with van der Waals surface area (Å²) in [5.41, 5.74) is 4.11. The average Bonchev–Trinajstić information content (AvgIpc) is 2.33. The third-order valence-electron chi connectivity index (χ3n) is 2.91. The molecule has 1 aromatic carbocycles. The fourth-order valence-corrected chi connectivity index (χ4v) is 2.24. The predicted octanol–water partition coefficient (Wildman–Crippen LogP) is 4.56. The lowest BCUT2D eigenvalue weighted by Gasteiger charge is -2.12. The van der Waals surface area contributed by atoms with Crippen LogP contribution in [0.2, 0.25) is 5.15 Å². The van der Waals surface area contributed by atoms with E-state index in [9.17, 15) is 0 Å². The molecule has 0 spiro atoms. The second-order valence-corrected chi connectivity index (χ2v) is 5.45. The predicted molar refractivity (Wildman–Crippen MR) is 78.7 cm³/mol. The van der Waals surface area contributed by atoms with Crippen LogP contribution in [0, 0.1) is 20.8 Å². The normalized spacial score (nSPS) is 10.5. The highest BCUT2D eigenvalue weighted by Gasteiger charge is 2.09. The molecule has 1 heterocycles. The van der Waals surface area contributed by atoms with E-state index in [4.69, 9.17) is 11.6 Å². The van der Waals surface area contributed by atoms with Crippen LogP contribution in [0.3, 0.4) is 0 Å². The summed E-state index contributed by atoms with van der Waals surface area (Å²) < 4.78 is 1.06. The van der Waals surface area contributed by atoms with Gasteiger partial charge in [-0.25, -0.2) is 0 Å². The van der Waals surface area contributed by atoms with Crippen molar-refractivity contribution < 1.29 is 0 Å². The van der Waals surface area contributed by atoms with E-state index >= 15 is 0 Å². The molecule has 0 unspecified atom stereocenters. The summed E-state index contributed by atoms with van der Waals surface area (Å²) in [4.78, 5) is 0. The van der Waals surface area contributed by atoms with Gasteiger partial charge in [0.15, 0.2) is 11.0 Å². The quantitative estimate of drug-likeness (QED) is 0.879. The fraction of sp³-hybridized carbons (Fsp3) is 0.231. The lowest BCUT2D eigenvalue weighted by atomic mass is 10.1. The zero-order valence-corrected chi connectivity index (χ0v) is 12.7. The third-order valence-corrected chi connectivity index (χ3v) is 3.76. The van der Waals surface area contributed by atoms with E-state index in [0.717, 1.165) is 32.7 Å². The van der Waals surface area contributed by atoms with Crippen LogP contribution in [-0.4, -0.2) is 10.2 Å². The number of benzene rings is 1. The molecule has 0 aliphatic rings. The van der Waals surface area contributed by atoms with Crippen LogP contribution in [0.4, 0.5) is 11.5 Å². The number of hydrogen-bond donors (Lipinski definition) is 1. The summed E-state index contributed by atoms with van der Waals surface area (Å²) in [5, 5.41) is 11.8. The lowest BCUT2D eigenvalue weighted by molar-refractivity contribution is 1.00. The number of anilines is 2. The molecule has 0 saturated carbocycles. The molecule has 5 heteroatoms. The van der Waals surface area contributed by atoms with Crippen molar-refractivity contribution in [1.82, 2.24) is 10.2 Å². The van der Waals surface area contributed by atoms with Gasteiger partial charge in [0.1, 0.15) is 0 Å². The van der Waals surface area contributed by atoms with Crippen LogP contribution in [-0.2, 0) is 0 Å². The Morgan fingerprint density at radius 1 is 1.11 bits per heavy atom. The molecule has 0 aliphatic carbocycles. The minimum absolute atomic E-state index is 0.450. The van der Waals surface area contributed by atoms with Gasteiger partial charge in [0.25, 0.3) is 0 Å². The summed E-state index contributed by atoms with van der Waals surface area (Å²) in [6.45, 7) is 5.96. The van der Waals surface area contributed by atoms with Gasteiger partial charge in [-0.3, -0.25) is 0 Å². The van der Waals surface area contributed by atoms with Crippen LogP contribution in [0.25, 0.3) is 0 Å². The van der Waals surface area contributed by atoms with Crippen LogP contribution in [0.15, 0.2) is 22.7 Å². The Balaban J connectivity index is 2.37. The van der Waals surface area contributed by atoms with Crippen LogP contribution >= 0.6 is 27.5 Å². The highest BCUT2D eigenvalue weighted by molar-refractivity contribution is 9.10. The van der Waals surface area contributed by atoms with Gasteiger partial charge in [-0.05, 0) is 55.7 Å². The van der Waals surface area contributed by atoms with Crippen LogP contribution in [0.1, 0.15) is 16.7 Å². The number of nitrogens with zero attached hydrogens (tertiary/aromatic N) is 2. The van der Waals surface area contributed by atoms with Crippen molar-refractivity contribution in [1.29, 1.82) is 0 Å². The van der Waals surface area contributed by atoms with E-state index in [-0.39, 0.29) is 0 Å². The Hall–Kier alpha value is -1.13. The molecule has 1 aromatic heterocycles. The number of hydrogen-bond acceptors (Lipinski definition) is 3. The maximum absolute atomic E-state index is 5.93. The molecule has 3 nitrogen and oxygen atoms in total. The highest BCUT2D eigenvalue weighted by Crippen LogP contribution is 2.26. The van der Waals surface area contributed by atoms with E-state index in [1.165, 1.54) is 0 Å². The van der Waals surface area contributed by atoms with Gasteiger partial charge in [0.2, 0.25) is 0 Å². The number of nitrogens with one attached hydrogen (secondary N) is 1. The number of aromatic nitrogens is 2. The molecule has 18 heavy (non-hydrogen) atoms. The van der Waals surface area contributed by atoms with Crippen LogP contribution in [0.5, 0.6) is 0 Å². The van der Waals surface area contributed by atoms with Crippen molar-refractivity contribution in [2.75, 3.05) is 5.32 Å². The minimum Gasteiger partial charge on any atom is -0.338 e. The van der Waals surface area contributed by atoms with Crippen molar-refractivity contribution in [3.05, 3.63) is 44.5 Å². The van der Waals surface area contributed by atoms with Crippen LogP contribution < -0.4 is 5.32 Å². The monoisotopic (exact) mass is 325 g/mol. The van der Waals surface area contributed by atoms with Gasteiger partial charge in [0.05, 0.1) is 0 Å². The summed E-state index contributed by atoms with van der Waals surface area (Å²) in [6.07, 6.45) is 0. The lowest BCUT2D eigenvalue weighted by Crippen LogP contribution is -2.02. The maximum atomic E-state index is 5.93. The molecule has 0 fully saturated rings. The summed E-state index contributed by atoms with van der Waals surface area (Å²) >= 11 is 9.38. The van der Waals surface area contributed by atoms with Gasteiger partial charge in [0, 0.05) is 10.2 Å². The van der Waals surface area contributed by atoms with Gasteiger partial charge in [-0.1, -0.05) is 27.5 Å². The van der Waals surface area contributed by atoms with Gasteiger partial charge in [-0.15, -0.1) is 10.2 Å². The zero-order chi connectivity index (χ0) is 13.3. The van der Waals surface area contributed by atoms with Crippen molar-refractivity contribution >= 4 is 39.0 Å². The van der Waals surface area contributed by atoms with E-state index in [1.54, 1.807) is 0 Å². The van der Waals surface area contributed by atoms with E-state index < -0.39 is 0 Å². The number of rotatable bonds is 2. The van der Waals surface area contributed by atoms with E-state index in [1.807, 2.05) is 39.0 Å². The first kappa shape index (κ1) is 13.3. The average molecular weight is 327 g/mol. The Labute approximate surface area is 120 Å². The zero-order valence-electron chi connectivity index (χ0n) is 10.4. The number of halogens is 2. The van der Waals surface area contributed by atoms with Crippen molar-refractivity contribution in [2.45, 2.75) is 20.8 Å². The topological polar surface area (TPSA) is 37.8 Å².